The molecule has 0 bridgehead atoms. The first-order valence-electron chi connectivity index (χ1n) is 17.1. The standard InChI is InChI=1S/C36H54N4O6/c1-26(11-9-12-28(3)34-37-19-10-20-38-34)33-27(2)15-16-31(36(4,44)18-17-30(41)25-32(42)46-33)45-35(43)40-23-21-39(22-24-40)29-13-7-5-6-8-14-29/h9-12,15-16,19-20,27-31,33,41,44H,5-8,13-14,17-18,21-25H2,1-4H3/b12-9+,16-15+,26-11+/t27-,28?,30+,31-,33+,36+/m0/s1. The smallest absolute Gasteiger partial charge is 0.410 e. The van der Waals surface area contributed by atoms with Gasteiger partial charge < -0.3 is 24.6 Å². The van der Waals surface area contributed by atoms with Crippen LogP contribution < -0.4 is 0 Å². The molecular weight excluding hydrogens is 584 g/mol. The van der Waals surface area contributed by atoms with Crippen LogP contribution in [0.1, 0.15) is 97.2 Å². The molecule has 1 unspecified atom stereocenters. The first-order valence-corrected chi connectivity index (χ1v) is 17.1. The predicted molar refractivity (Wildman–Crippen MR) is 177 cm³/mol. The molecule has 254 valence electrons. The maximum absolute atomic E-state index is 13.4. The Bertz CT molecular complexity index is 1200. The van der Waals surface area contributed by atoms with E-state index >= 15 is 0 Å². The Hall–Kier alpha value is -3.08. The van der Waals surface area contributed by atoms with Gasteiger partial charge in [0.25, 0.3) is 0 Å². The third kappa shape index (κ3) is 10.5. The van der Waals surface area contributed by atoms with Gasteiger partial charge in [0.05, 0.1) is 12.5 Å². The lowest BCUT2D eigenvalue weighted by atomic mass is 9.88. The number of aromatic nitrogens is 2. The van der Waals surface area contributed by atoms with Gasteiger partial charge in [0.2, 0.25) is 0 Å². The fourth-order valence-electron chi connectivity index (χ4n) is 6.63. The first-order chi connectivity index (χ1) is 22.0. The Morgan fingerprint density at radius 2 is 1.76 bits per heavy atom. The average Bonchev–Trinajstić information content (AvgIpc) is 3.34. The molecule has 2 fully saturated rings. The van der Waals surface area contributed by atoms with Gasteiger partial charge in [-0.3, -0.25) is 9.69 Å². The Morgan fingerprint density at radius 3 is 2.43 bits per heavy atom. The van der Waals surface area contributed by atoms with E-state index in [1.807, 2.05) is 45.1 Å². The Morgan fingerprint density at radius 1 is 1.09 bits per heavy atom. The minimum atomic E-state index is -1.45. The normalized spacial score (nSPS) is 31.3. The van der Waals surface area contributed by atoms with E-state index in [1.165, 1.54) is 38.5 Å². The highest BCUT2D eigenvalue weighted by Crippen LogP contribution is 2.28. The zero-order valence-electron chi connectivity index (χ0n) is 28.1. The number of allylic oxidation sites excluding steroid dienone is 3. The van der Waals surface area contributed by atoms with Crippen molar-refractivity contribution in [3.8, 4) is 0 Å². The molecule has 2 aliphatic heterocycles. The molecule has 0 spiro atoms. The number of cyclic esters (lactones) is 1. The summed E-state index contributed by atoms with van der Waals surface area (Å²) in [4.78, 5) is 39.1. The maximum Gasteiger partial charge on any atom is 0.410 e. The molecule has 1 saturated carbocycles. The second-order valence-electron chi connectivity index (χ2n) is 13.6. The number of aliphatic hydroxyl groups is 2. The quantitative estimate of drug-likeness (QED) is 0.184. The van der Waals surface area contributed by atoms with Crippen LogP contribution in [-0.2, 0) is 14.3 Å². The van der Waals surface area contributed by atoms with Crippen molar-refractivity contribution in [1.82, 2.24) is 19.8 Å². The molecule has 4 rings (SSSR count). The molecule has 0 aromatic carbocycles. The summed E-state index contributed by atoms with van der Waals surface area (Å²) in [7, 11) is 0. The lowest BCUT2D eigenvalue weighted by molar-refractivity contribution is -0.151. The van der Waals surface area contributed by atoms with Crippen molar-refractivity contribution in [2.75, 3.05) is 26.2 Å². The molecule has 1 aliphatic carbocycles. The van der Waals surface area contributed by atoms with Crippen LogP contribution in [0, 0.1) is 5.92 Å². The molecule has 1 amide bonds. The Balaban J connectivity index is 1.45. The third-order valence-corrected chi connectivity index (χ3v) is 9.67. The van der Waals surface area contributed by atoms with E-state index in [4.69, 9.17) is 9.47 Å². The molecule has 3 aliphatic rings. The summed E-state index contributed by atoms with van der Waals surface area (Å²) in [5, 5.41) is 22.1. The second-order valence-corrected chi connectivity index (χ2v) is 13.6. The fraction of sp³-hybridized carbons (Fsp3) is 0.667. The molecule has 6 atom stereocenters. The summed E-state index contributed by atoms with van der Waals surface area (Å²) in [6, 6.07) is 2.37. The van der Waals surface area contributed by atoms with E-state index in [1.54, 1.807) is 36.4 Å². The van der Waals surface area contributed by atoms with Crippen molar-refractivity contribution in [2.24, 2.45) is 5.92 Å². The molecule has 10 heteroatoms. The van der Waals surface area contributed by atoms with Crippen LogP contribution in [0.3, 0.4) is 0 Å². The fourth-order valence-corrected chi connectivity index (χ4v) is 6.63. The van der Waals surface area contributed by atoms with Crippen molar-refractivity contribution < 1.29 is 29.3 Å². The number of esters is 1. The summed E-state index contributed by atoms with van der Waals surface area (Å²) in [6.45, 7) is 10.3. The molecule has 1 aromatic heterocycles. The lowest BCUT2D eigenvalue weighted by Crippen LogP contribution is -2.53. The van der Waals surface area contributed by atoms with Gasteiger partial charge in [0.1, 0.15) is 17.5 Å². The average molecular weight is 639 g/mol. The second kappa shape index (κ2) is 17.2. The van der Waals surface area contributed by atoms with Crippen LogP contribution >= 0.6 is 0 Å². The van der Waals surface area contributed by atoms with Crippen LogP contribution in [0.15, 0.2) is 54.4 Å². The van der Waals surface area contributed by atoms with Gasteiger partial charge in [0.15, 0.2) is 6.10 Å². The number of carbonyl (C=O) groups is 2. The van der Waals surface area contributed by atoms with Crippen LogP contribution in [0.25, 0.3) is 0 Å². The summed E-state index contributed by atoms with van der Waals surface area (Å²) in [5.74, 6) is -0.109. The minimum absolute atomic E-state index is 0.00552. The van der Waals surface area contributed by atoms with Crippen LogP contribution in [-0.4, -0.2) is 98.2 Å². The van der Waals surface area contributed by atoms with Crippen molar-refractivity contribution >= 4 is 12.1 Å². The highest BCUT2D eigenvalue weighted by atomic mass is 16.6. The van der Waals surface area contributed by atoms with Gasteiger partial charge in [0, 0.05) is 56.5 Å². The van der Waals surface area contributed by atoms with E-state index in [0.29, 0.717) is 25.0 Å². The zero-order valence-corrected chi connectivity index (χ0v) is 28.1. The SMILES string of the molecule is C/C(=C\C=C\C(C)c1ncccn1)[C@H]1OC(=O)C[C@H](O)CC[C@@](C)(O)[C@@H](OC(=O)N2CCN(C3CCCCCC3)CC2)/C=C/[C@@H]1C. The minimum Gasteiger partial charge on any atom is -0.457 e. The zero-order chi connectivity index (χ0) is 33.1. The maximum atomic E-state index is 13.4. The van der Waals surface area contributed by atoms with Crippen molar-refractivity contribution in [3.63, 3.8) is 0 Å². The molecule has 1 saturated heterocycles. The van der Waals surface area contributed by atoms with Crippen molar-refractivity contribution in [2.45, 2.75) is 121 Å². The first kappa shape index (κ1) is 35.8. The molecule has 0 radical (unpaired) electrons. The highest BCUT2D eigenvalue weighted by molar-refractivity contribution is 5.70. The molecule has 46 heavy (non-hydrogen) atoms. The van der Waals surface area contributed by atoms with Gasteiger partial charge in [-0.15, -0.1) is 0 Å². The number of piperazine rings is 1. The van der Waals surface area contributed by atoms with Gasteiger partial charge in [-0.05, 0) is 57.2 Å². The number of carbonyl (C=O) groups excluding carboxylic acids is 2. The molecule has 1 aromatic rings. The number of hydrogen-bond donors (Lipinski definition) is 2. The number of nitrogens with zero attached hydrogens (tertiary/aromatic N) is 4. The topological polar surface area (TPSA) is 125 Å². The molecule has 2 N–H and O–H groups in total. The summed E-state index contributed by atoms with van der Waals surface area (Å²) in [5.41, 5.74) is -0.641. The van der Waals surface area contributed by atoms with Gasteiger partial charge in [-0.25, -0.2) is 14.8 Å². The lowest BCUT2D eigenvalue weighted by Gasteiger charge is -2.40. The summed E-state index contributed by atoms with van der Waals surface area (Å²) < 4.78 is 11.9. The molecule has 10 nitrogen and oxygen atoms in total. The number of amides is 1. The molecular formula is C36H54N4O6. The molecule has 3 heterocycles. The van der Waals surface area contributed by atoms with Crippen LogP contribution in [0.2, 0.25) is 0 Å². The third-order valence-electron chi connectivity index (χ3n) is 9.67. The Labute approximate surface area is 274 Å². The largest absolute Gasteiger partial charge is 0.457 e. The van der Waals surface area contributed by atoms with Crippen LogP contribution in [0.5, 0.6) is 0 Å². The predicted octanol–water partition coefficient (Wildman–Crippen LogP) is 5.33. The number of hydrogen-bond acceptors (Lipinski definition) is 9. The summed E-state index contributed by atoms with van der Waals surface area (Å²) in [6.07, 6.45) is 17.5. The summed E-state index contributed by atoms with van der Waals surface area (Å²) >= 11 is 0. The van der Waals surface area contributed by atoms with Gasteiger partial charge in [-0.2, -0.15) is 0 Å². The number of aliphatic hydroxyl groups excluding tert-OH is 1. The number of ether oxygens (including phenoxy) is 2. The van der Waals surface area contributed by atoms with Crippen LogP contribution in [0.4, 0.5) is 4.79 Å². The van der Waals surface area contributed by atoms with E-state index in [9.17, 15) is 19.8 Å². The highest BCUT2D eigenvalue weighted by Gasteiger charge is 2.37. The monoisotopic (exact) mass is 638 g/mol. The van der Waals surface area contributed by atoms with E-state index in [0.717, 1.165) is 18.7 Å². The van der Waals surface area contributed by atoms with Gasteiger partial charge in [-0.1, -0.05) is 63.8 Å². The van der Waals surface area contributed by atoms with E-state index in [-0.39, 0.29) is 31.1 Å². The van der Waals surface area contributed by atoms with Gasteiger partial charge >= 0.3 is 12.1 Å². The Kier molecular flexibility index (Phi) is 13.4. The van der Waals surface area contributed by atoms with E-state index < -0.39 is 36.0 Å². The van der Waals surface area contributed by atoms with Crippen molar-refractivity contribution in [1.29, 1.82) is 0 Å². The number of rotatable bonds is 6. The van der Waals surface area contributed by atoms with Crippen molar-refractivity contribution in [3.05, 3.63) is 60.2 Å². The van der Waals surface area contributed by atoms with E-state index in [2.05, 4.69) is 14.9 Å².